The Labute approximate surface area is 180 Å². The van der Waals surface area contributed by atoms with Crippen molar-refractivity contribution in [3.05, 3.63) is 11.6 Å². The molecule has 1 amide bonds. The molecule has 1 aliphatic heterocycles. The number of fused-ring (bicyclic) bond motifs is 1. The summed E-state index contributed by atoms with van der Waals surface area (Å²) < 4.78 is 7.40. The van der Waals surface area contributed by atoms with Crippen LogP contribution >= 0.6 is 0 Å². The van der Waals surface area contributed by atoms with Crippen LogP contribution < -0.4 is 16.0 Å². The molecule has 0 fully saturated rings. The van der Waals surface area contributed by atoms with E-state index in [0.29, 0.717) is 6.54 Å². The summed E-state index contributed by atoms with van der Waals surface area (Å²) in [5.74, 6) is 2.94. The van der Waals surface area contributed by atoms with E-state index in [9.17, 15) is 4.79 Å². The maximum absolute atomic E-state index is 12.2. The molecule has 0 spiro atoms. The quantitative estimate of drug-likeness (QED) is 0.461. The van der Waals surface area contributed by atoms with E-state index in [1.54, 1.807) is 0 Å². The number of alkyl carbamates (subject to hydrolysis) is 1. The fraction of sp³-hybridized carbons (Fsp3) is 0.810. The van der Waals surface area contributed by atoms with Crippen molar-refractivity contribution in [2.75, 3.05) is 13.1 Å². The molecule has 0 radical (unpaired) electrons. The summed E-state index contributed by atoms with van der Waals surface area (Å²) >= 11 is 0. The van der Waals surface area contributed by atoms with Crippen molar-refractivity contribution in [1.29, 1.82) is 0 Å². The fourth-order valence-corrected chi connectivity index (χ4v) is 3.21. The molecule has 0 bridgehead atoms. The number of ether oxygens (including phenoxy) is 1. The number of amides is 1. The van der Waals surface area contributed by atoms with Gasteiger partial charge in [-0.3, -0.25) is 4.99 Å². The number of nitrogens with one attached hydrogen (secondary N) is 3. The van der Waals surface area contributed by atoms with Gasteiger partial charge in [0.25, 0.3) is 0 Å². The lowest BCUT2D eigenvalue weighted by molar-refractivity contribution is 0.0493. The molecule has 1 aromatic heterocycles. The molecule has 0 aliphatic carbocycles. The maximum atomic E-state index is 12.2. The number of hydrogen-bond acceptors (Lipinski definition) is 5. The summed E-state index contributed by atoms with van der Waals surface area (Å²) in [6, 6.07) is 0.119. The van der Waals surface area contributed by atoms with Crippen molar-refractivity contribution in [2.24, 2.45) is 10.9 Å². The van der Waals surface area contributed by atoms with Gasteiger partial charge in [0, 0.05) is 25.4 Å². The zero-order valence-electron chi connectivity index (χ0n) is 19.6. The third-order valence-electron chi connectivity index (χ3n) is 4.86. The second-order valence-electron chi connectivity index (χ2n) is 9.08. The first kappa shape index (κ1) is 24.0. The number of nitrogens with zero attached hydrogens (tertiary/aromatic N) is 4. The molecule has 2 heterocycles. The van der Waals surface area contributed by atoms with Gasteiger partial charge < -0.3 is 20.7 Å². The summed E-state index contributed by atoms with van der Waals surface area (Å²) in [6.07, 6.45) is 2.32. The van der Waals surface area contributed by atoms with Crippen LogP contribution in [-0.4, -0.2) is 57.6 Å². The summed E-state index contributed by atoms with van der Waals surface area (Å²) in [5.41, 5.74) is -0.524. The van der Waals surface area contributed by atoms with E-state index in [-0.39, 0.29) is 18.0 Å². The molecule has 2 rings (SSSR count). The third kappa shape index (κ3) is 7.50. The van der Waals surface area contributed by atoms with Crippen LogP contribution in [0, 0.1) is 5.92 Å². The van der Waals surface area contributed by atoms with Crippen LogP contribution in [0.4, 0.5) is 4.79 Å². The normalized spacial score (nSPS) is 18.0. The molecular formula is C21H39N7O2. The Morgan fingerprint density at radius 1 is 1.33 bits per heavy atom. The Balaban J connectivity index is 1.98. The van der Waals surface area contributed by atoms with Crippen LogP contribution in [0.1, 0.15) is 66.5 Å². The van der Waals surface area contributed by atoms with Gasteiger partial charge in [-0.15, -0.1) is 0 Å². The van der Waals surface area contributed by atoms with Crippen molar-refractivity contribution in [3.8, 4) is 0 Å². The number of aliphatic imine (C=N–C) groups is 1. The van der Waals surface area contributed by atoms with Crippen LogP contribution in [0.15, 0.2) is 4.99 Å². The number of guanidine groups is 1. The molecule has 2 unspecified atom stereocenters. The van der Waals surface area contributed by atoms with E-state index < -0.39 is 11.7 Å². The standard InChI is InChI=1S/C21H39N7O2/c1-8-17-26-18-11-10-15(13-28(18)27-17)24-19(22-9-2)23-12-16(14(3)4)25-20(29)30-21(5,6)7/h14-16H,8-13H2,1-7H3,(H,25,29)(H2,22,23,24). The minimum Gasteiger partial charge on any atom is -0.444 e. The maximum Gasteiger partial charge on any atom is 0.407 e. The third-order valence-corrected chi connectivity index (χ3v) is 4.86. The lowest BCUT2D eigenvalue weighted by Crippen LogP contribution is -2.48. The van der Waals surface area contributed by atoms with Crippen LogP contribution in [0.2, 0.25) is 0 Å². The molecule has 0 saturated heterocycles. The minimum absolute atomic E-state index is 0.115. The van der Waals surface area contributed by atoms with Crippen LogP contribution in [-0.2, 0) is 24.1 Å². The molecule has 1 aromatic rings. The molecule has 9 nitrogen and oxygen atoms in total. The molecule has 3 N–H and O–H groups in total. The predicted octanol–water partition coefficient (Wildman–Crippen LogP) is 2.26. The number of carbonyl (C=O) groups is 1. The van der Waals surface area contributed by atoms with E-state index in [1.165, 1.54) is 0 Å². The van der Waals surface area contributed by atoms with Crippen LogP contribution in [0.3, 0.4) is 0 Å². The zero-order chi connectivity index (χ0) is 22.3. The van der Waals surface area contributed by atoms with E-state index in [0.717, 1.165) is 50.0 Å². The van der Waals surface area contributed by atoms with Crippen LogP contribution in [0.25, 0.3) is 0 Å². The highest BCUT2D eigenvalue weighted by Crippen LogP contribution is 2.13. The van der Waals surface area contributed by atoms with Crippen molar-refractivity contribution < 1.29 is 9.53 Å². The van der Waals surface area contributed by atoms with Crippen molar-refractivity contribution >= 4 is 12.1 Å². The van der Waals surface area contributed by atoms with Crippen molar-refractivity contribution in [2.45, 2.75) is 92.0 Å². The monoisotopic (exact) mass is 421 g/mol. The molecule has 170 valence electrons. The second-order valence-corrected chi connectivity index (χ2v) is 9.08. The topological polar surface area (TPSA) is 105 Å². The van der Waals surface area contributed by atoms with Gasteiger partial charge >= 0.3 is 6.09 Å². The van der Waals surface area contributed by atoms with Gasteiger partial charge in [-0.2, -0.15) is 5.10 Å². The first-order chi connectivity index (χ1) is 14.1. The molecule has 9 heteroatoms. The Kier molecular flexibility index (Phi) is 8.49. The lowest BCUT2D eigenvalue weighted by Gasteiger charge is -2.27. The summed E-state index contributed by atoms with van der Waals surface area (Å²) in [5, 5.41) is 14.3. The van der Waals surface area contributed by atoms with E-state index in [1.807, 2.05) is 32.4 Å². The predicted molar refractivity (Wildman–Crippen MR) is 119 cm³/mol. The Morgan fingerprint density at radius 3 is 2.67 bits per heavy atom. The Bertz CT molecular complexity index is 721. The molecule has 0 saturated carbocycles. The highest BCUT2D eigenvalue weighted by Gasteiger charge is 2.24. The van der Waals surface area contributed by atoms with E-state index in [4.69, 9.17) is 9.73 Å². The van der Waals surface area contributed by atoms with Crippen LogP contribution in [0.5, 0.6) is 0 Å². The minimum atomic E-state index is -0.524. The number of hydrogen-bond donors (Lipinski definition) is 3. The second kappa shape index (κ2) is 10.6. The number of carbonyl (C=O) groups excluding carboxylic acids is 1. The van der Waals surface area contributed by atoms with Gasteiger partial charge in [-0.05, 0) is 40.0 Å². The zero-order valence-corrected chi connectivity index (χ0v) is 19.6. The van der Waals surface area contributed by atoms with E-state index >= 15 is 0 Å². The largest absolute Gasteiger partial charge is 0.444 e. The van der Waals surface area contributed by atoms with Crippen molar-refractivity contribution in [3.63, 3.8) is 0 Å². The first-order valence-corrected chi connectivity index (χ1v) is 11.1. The average Bonchev–Trinajstić information content (AvgIpc) is 3.05. The van der Waals surface area contributed by atoms with Gasteiger partial charge in [-0.25, -0.2) is 14.5 Å². The average molecular weight is 422 g/mol. The fourth-order valence-electron chi connectivity index (χ4n) is 3.21. The number of aryl methyl sites for hydroxylation is 2. The van der Waals surface area contributed by atoms with Gasteiger partial charge in [0.05, 0.1) is 19.1 Å². The highest BCUT2D eigenvalue weighted by atomic mass is 16.6. The Morgan fingerprint density at radius 2 is 2.07 bits per heavy atom. The molecule has 0 aromatic carbocycles. The highest BCUT2D eigenvalue weighted by molar-refractivity contribution is 5.80. The lowest BCUT2D eigenvalue weighted by atomic mass is 10.1. The van der Waals surface area contributed by atoms with Gasteiger partial charge in [-0.1, -0.05) is 20.8 Å². The molecule has 30 heavy (non-hydrogen) atoms. The van der Waals surface area contributed by atoms with Gasteiger partial charge in [0.1, 0.15) is 11.4 Å². The molecule has 1 aliphatic rings. The summed E-state index contributed by atoms with van der Waals surface area (Å²) in [6.45, 7) is 15.8. The van der Waals surface area contributed by atoms with Gasteiger partial charge in [0.15, 0.2) is 11.8 Å². The Hall–Kier alpha value is -2.32. The number of rotatable bonds is 7. The number of aromatic nitrogens is 3. The first-order valence-electron chi connectivity index (χ1n) is 11.1. The SMILES string of the molecule is CCNC(=NCC(NC(=O)OC(C)(C)C)C(C)C)NC1CCc2nc(CC)nn2C1. The molecule has 2 atom stereocenters. The van der Waals surface area contributed by atoms with Crippen molar-refractivity contribution in [1.82, 2.24) is 30.7 Å². The summed E-state index contributed by atoms with van der Waals surface area (Å²) in [7, 11) is 0. The van der Waals surface area contributed by atoms with E-state index in [2.05, 4.69) is 46.8 Å². The summed E-state index contributed by atoms with van der Waals surface area (Å²) in [4.78, 5) is 21.5. The smallest absolute Gasteiger partial charge is 0.407 e. The molecular weight excluding hydrogens is 382 g/mol. The van der Waals surface area contributed by atoms with Gasteiger partial charge in [0.2, 0.25) is 0 Å².